The molecule has 0 unspecified atom stereocenters. The second kappa shape index (κ2) is 6.39. The molecule has 98 valence electrons. The predicted molar refractivity (Wildman–Crippen MR) is 89.1 cm³/mol. The predicted octanol–water partition coefficient (Wildman–Crippen LogP) is 5.01. The Morgan fingerprint density at radius 1 is 1.32 bits per heavy atom. The van der Waals surface area contributed by atoms with Crippen LogP contribution in [-0.2, 0) is 0 Å². The first-order chi connectivity index (χ1) is 8.97. The molecular weight excluding hydrogens is 466 g/mol. The smallest absolute Gasteiger partial charge is 0.257 e. The van der Waals surface area contributed by atoms with E-state index in [1.165, 1.54) is 12.3 Å². The van der Waals surface area contributed by atoms with Crippen LogP contribution in [0.15, 0.2) is 34.9 Å². The monoisotopic (exact) mass is 470 g/mol. The lowest BCUT2D eigenvalue weighted by Gasteiger charge is -2.09. The van der Waals surface area contributed by atoms with Crippen molar-refractivity contribution in [3.63, 3.8) is 0 Å². The Labute approximate surface area is 142 Å². The fourth-order valence-electron chi connectivity index (χ4n) is 1.37. The highest BCUT2D eigenvalue weighted by molar-refractivity contribution is 14.1. The van der Waals surface area contributed by atoms with Crippen LogP contribution in [0.4, 0.5) is 5.69 Å². The number of aromatic nitrogens is 1. The Hall–Kier alpha value is -0.370. The summed E-state index contributed by atoms with van der Waals surface area (Å²) in [7, 11) is 0. The maximum atomic E-state index is 12.2. The highest BCUT2D eigenvalue weighted by atomic mass is 127. The zero-order valence-corrected chi connectivity index (χ0v) is 14.5. The lowest BCUT2D eigenvalue weighted by molar-refractivity contribution is 0.102. The van der Waals surface area contributed by atoms with Gasteiger partial charge in [-0.15, -0.1) is 0 Å². The number of carbonyl (C=O) groups excluding carboxylic acids is 1. The van der Waals surface area contributed by atoms with Crippen molar-refractivity contribution in [1.82, 2.24) is 4.98 Å². The summed E-state index contributed by atoms with van der Waals surface area (Å²) < 4.78 is 1.80. The van der Waals surface area contributed by atoms with Gasteiger partial charge in [-0.25, -0.2) is 4.98 Å². The topological polar surface area (TPSA) is 42.0 Å². The van der Waals surface area contributed by atoms with E-state index in [1.54, 1.807) is 0 Å². The Balaban J connectivity index is 2.30. The molecule has 0 saturated heterocycles. The third-order valence-electron chi connectivity index (χ3n) is 2.24. The van der Waals surface area contributed by atoms with Crippen molar-refractivity contribution in [3.8, 4) is 0 Å². The molecule has 0 aliphatic rings. The summed E-state index contributed by atoms with van der Waals surface area (Å²) >= 11 is 17.2. The molecule has 0 atom stereocenters. The van der Waals surface area contributed by atoms with Crippen molar-refractivity contribution >= 4 is 73.3 Å². The van der Waals surface area contributed by atoms with Gasteiger partial charge in [-0.05, 0) is 46.9 Å². The van der Waals surface area contributed by atoms with Crippen molar-refractivity contribution in [2.75, 3.05) is 5.32 Å². The molecule has 19 heavy (non-hydrogen) atoms. The number of nitrogens with one attached hydrogen (secondary N) is 1. The Bertz CT molecular complexity index is 652. The second-order valence-corrected chi connectivity index (χ2v) is 6.44. The molecule has 2 rings (SSSR count). The molecule has 0 spiro atoms. The Morgan fingerprint density at radius 3 is 2.79 bits per heavy atom. The molecule has 1 aromatic heterocycles. The van der Waals surface area contributed by atoms with Crippen LogP contribution >= 0.6 is 61.7 Å². The standard InChI is InChI=1S/C12H6BrCl2IN2O/c13-6-1-2-9(16)10(3-6)18-12(19)7-4-11(15)17-5-8(7)14/h1-5H,(H,18,19). The Morgan fingerprint density at radius 2 is 2.05 bits per heavy atom. The van der Waals surface area contributed by atoms with Gasteiger partial charge in [0, 0.05) is 14.2 Å². The van der Waals surface area contributed by atoms with E-state index < -0.39 is 0 Å². The molecule has 0 saturated carbocycles. The molecule has 0 radical (unpaired) electrons. The molecule has 0 bridgehead atoms. The maximum absolute atomic E-state index is 12.2. The molecule has 0 aliphatic carbocycles. The first kappa shape index (κ1) is 15.0. The van der Waals surface area contributed by atoms with Crippen molar-refractivity contribution in [2.45, 2.75) is 0 Å². The van der Waals surface area contributed by atoms with Gasteiger partial charge < -0.3 is 5.32 Å². The van der Waals surface area contributed by atoms with E-state index in [-0.39, 0.29) is 21.6 Å². The van der Waals surface area contributed by atoms with Gasteiger partial charge in [-0.2, -0.15) is 0 Å². The first-order valence-corrected chi connectivity index (χ1v) is 7.67. The number of hydrogen-bond donors (Lipinski definition) is 1. The van der Waals surface area contributed by atoms with Gasteiger partial charge in [-0.1, -0.05) is 39.1 Å². The quantitative estimate of drug-likeness (QED) is 0.494. The molecular formula is C12H6BrCl2IN2O. The molecule has 0 fully saturated rings. The summed E-state index contributed by atoms with van der Waals surface area (Å²) in [5.74, 6) is -0.328. The van der Waals surface area contributed by atoms with Crippen LogP contribution in [0, 0.1) is 3.57 Å². The SMILES string of the molecule is O=C(Nc1cc(Br)ccc1I)c1cc(Cl)ncc1Cl. The number of hydrogen-bond acceptors (Lipinski definition) is 2. The summed E-state index contributed by atoms with van der Waals surface area (Å²) in [5, 5.41) is 3.27. The molecule has 1 heterocycles. The fourth-order valence-corrected chi connectivity index (χ4v) is 2.55. The van der Waals surface area contributed by atoms with Crippen LogP contribution in [0.25, 0.3) is 0 Å². The number of rotatable bonds is 2. The van der Waals surface area contributed by atoms with E-state index in [2.05, 4.69) is 48.8 Å². The zero-order chi connectivity index (χ0) is 14.0. The van der Waals surface area contributed by atoms with Crippen molar-refractivity contribution in [1.29, 1.82) is 0 Å². The van der Waals surface area contributed by atoms with Gasteiger partial charge in [-0.3, -0.25) is 4.79 Å². The van der Waals surface area contributed by atoms with Gasteiger partial charge in [0.1, 0.15) is 5.15 Å². The number of pyridine rings is 1. The van der Waals surface area contributed by atoms with Crippen LogP contribution in [0.5, 0.6) is 0 Å². The average Bonchev–Trinajstić information content (AvgIpc) is 2.36. The molecule has 1 amide bonds. The van der Waals surface area contributed by atoms with Gasteiger partial charge >= 0.3 is 0 Å². The fraction of sp³-hybridized carbons (Fsp3) is 0. The normalized spacial score (nSPS) is 10.3. The Kier molecular flexibility index (Phi) is 5.05. The summed E-state index contributed by atoms with van der Waals surface area (Å²) in [6.45, 7) is 0. The van der Waals surface area contributed by atoms with Crippen LogP contribution < -0.4 is 5.32 Å². The molecule has 3 nitrogen and oxygen atoms in total. The summed E-state index contributed by atoms with van der Waals surface area (Å²) in [5.41, 5.74) is 0.987. The van der Waals surface area contributed by atoms with Gasteiger partial charge in [0.25, 0.3) is 5.91 Å². The molecule has 2 aromatic rings. The van der Waals surface area contributed by atoms with Crippen LogP contribution in [0.1, 0.15) is 10.4 Å². The maximum Gasteiger partial charge on any atom is 0.257 e. The number of halogens is 4. The average molecular weight is 472 g/mol. The minimum absolute atomic E-state index is 0.221. The summed E-state index contributed by atoms with van der Waals surface area (Å²) in [6, 6.07) is 7.04. The lowest BCUT2D eigenvalue weighted by Crippen LogP contribution is -2.13. The van der Waals surface area contributed by atoms with Crippen molar-refractivity contribution in [3.05, 3.63) is 54.2 Å². The second-order valence-electron chi connectivity index (χ2n) is 3.57. The van der Waals surface area contributed by atoms with Crippen LogP contribution in [0.2, 0.25) is 10.2 Å². The van der Waals surface area contributed by atoms with Crippen molar-refractivity contribution < 1.29 is 4.79 Å². The van der Waals surface area contributed by atoms with Gasteiger partial charge in [0.2, 0.25) is 0 Å². The number of amides is 1. The van der Waals surface area contributed by atoms with Gasteiger partial charge in [0.15, 0.2) is 0 Å². The minimum atomic E-state index is -0.328. The third-order valence-corrected chi connectivity index (χ3v) is 4.19. The number of nitrogens with zero attached hydrogens (tertiary/aromatic N) is 1. The number of benzene rings is 1. The highest BCUT2D eigenvalue weighted by Gasteiger charge is 2.13. The van der Waals surface area contributed by atoms with Crippen molar-refractivity contribution in [2.24, 2.45) is 0 Å². The third kappa shape index (κ3) is 3.81. The molecule has 0 aliphatic heterocycles. The van der Waals surface area contributed by atoms with E-state index in [1.807, 2.05) is 18.2 Å². The van der Waals surface area contributed by atoms with E-state index in [0.29, 0.717) is 5.69 Å². The molecule has 7 heteroatoms. The van der Waals surface area contributed by atoms with E-state index >= 15 is 0 Å². The van der Waals surface area contributed by atoms with Crippen LogP contribution in [-0.4, -0.2) is 10.9 Å². The number of carbonyl (C=O) groups is 1. The van der Waals surface area contributed by atoms with Crippen LogP contribution in [0.3, 0.4) is 0 Å². The van der Waals surface area contributed by atoms with E-state index in [0.717, 1.165) is 8.04 Å². The van der Waals surface area contributed by atoms with E-state index in [9.17, 15) is 4.79 Å². The minimum Gasteiger partial charge on any atom is -0.321 e. The largest absolute Gasteiger partial charge is 0.321 e. The number of anilines is 1. The summed E-state index contributed by atoms with van der Waals surface area (Å²) in [6.07, 6.45) is 1.35. The lowest BCUT2D eigenvalue weighted by atomic mass is 10.2. The highest BCUT2D eigenvalue weighted by Crippen LogP contribution is 2.25. The molecule has 1 N–H and O–H groups in total. The first-order valence-electron chi connectivity index (χ1n) is 5.05. The molecule has 1 aromatic carbocycles. The van der Waals surface area contributed by atoms with E-state index in [4.69, 9.17) is 23.2 Å². The summed E-state index contributed by atoms with van der Waals surface area (Å²) in [4.78, 5) is 16.0. The van der Waals surface area contributed by atoms with Gasteiger partial charge in [0.05, 0.1) is 16.3 Å². The zero-order valence-electron chi connectivity index (χ0n) is 9.25.